The third-order valence-electron chi connectivity index (χ3n) is 4.51. The van der Waals surface area contributed by atoms with Crippen molar-refractivity contribution in [1.82, 2.24) is 5.32 Å². The van der Waals surface area contributed by atoms with Crippen LogP contribution in [0.25, 0.3) is 0 Å². The third kappa shape index (κ3) is 8.69. The highest BCUT2D eigenvalue weighted by atomic mass is 32.2. The number of benzene rings is 2. The molecule has 0 aliphatic heterocycles. The van der Waals surface area contributed by atoms with Crippen molar-refractivity contribution in [2.45, 2.75) is 26.3 Å². The second kappa shape index (κ2) is 13.4. The van der Waals surface area contributed by atoms with Gasteiger partial charge in [0.25, 0.3) is 5.91 Å². The van der Waals surface area contributed by atoms with Gasteiger partial charge >= 0.3 is 6.09 Å². The number of carbonyl (C=O) groups is 3. The van der Waals surface area contributed by atoms with E-state index in [0.717, 1.165) is 0 Å². The number of ether oxygens (including phenoxy) is 2. The van der Waals surface area contributed by atoms with E-state index in [1.807, 2.05) is 20.1 Å². The molecule has 0 bridgehead atoms. The first-order valence-corrected chi connectivity index (χ1v) is 12.0. The number of anilines is 2. The van der Waals surface area contributed by atoms with Gasteiger partial charge in [-0.05, 0) is 54.7 Å². The molecule has 0 aliphatic carbocycles. The Morgan fingerprint density at radius 1 is 1.00 bits per heavy atom. The highest BCUT2D eigenvalue weighted by molar-refractivity contribution is 7.98. The molecule has 0 saturated heterocycles. The zero-order chi connectivity index (χ0) is 24.2. The summed E-state index contributed by atoms with van der Waals surface area (Å²) in [6.07, 6.45) is 1.83. The van der Waals surface area contributed by atoms with Gasteiger partial charge in [-0.1, -0.05) is 32.0 Å². The molecule has 0 radical (unpaired) electrons. The molecule has 3 amide bonds. The average Bonchev–Trinajstić information content (AvgIpc) is 2.80. The summed E-state index contributed by atoms with van der Waals surface area (Å²) in [7, 11) is 1.49. The maximum absolute atomic E-state index is 13.0. The third-order valence-corrected chi connectivity index (χ3v) is 5.15. The van der Waals surface area contributed by atoms with Crippen molar-refractivity contribution >= 4 is 41.0 Å². The van der Waals surface area contributed by atoms with Crippen molar-refractivity contribution in [3.8, 4) is 5.75 Å². The van der Waals surface area contributed by atoms with Crippen molar-refractivity contribution in [2.24, 2.45) is 5.92 Å². The van der Waals surface area contributed by atoms with E-state index in [1.165, 1.54) is 7.11 Å². The Bertz CT molecular complexity index is 951. The van der Waals surface area contributed by atoms with E-state index in [2.05, 4.69) is 16.0 Å². The summed E-state index contributed by atoms with van der Waals surface area (Å²) in [6, 6.07) is 12.8. The molecule has 0 spiro atoms. The molecule has 2 aromatic rings. The molecule has 0 heterocycles. The number of para-hydroxylation sites is 1. The summed E-state index contributed by atoms with van der Waals surface area (Å²) in [4.78, 5) is 37.7. The molecule has 2 rings (SSSR count). The zero-order valence-electron chi connectivity index (χ0n) is 19.3. The molecule has 1 unspecified atom stereocenters. The van der Waals surface area contributed by atoms with Gasteiger partial charge in [-0.15, -0.1) is 0 Å². The average molecular weight is 474 g/mol. The molecule has 178 valence electrons. The second-order valence-corrected chi connectivity index (χ2v) is 8.68. The fraction of sp³-hybridized carbons (Fsp3) is 0.375. The predicted molar refractivity (Wildman–Crippen MR) is 132 cm³/mol. The molecule has 1 atom stereocenters. The smallest absolute Gasteiger partial charge is 0.411 e. The number of methoxy groups -OCH3 is 1. The summed E-state index contributed by atoms with van der Waals surface area (Å²) in [5.41, 5.74) is 1.33. The molecule has 8 nitrogen and oxygen atoms in total. The molecule has 33 heavy (non-hydrogen) atoms. The maximum atomic E-state index is 13.0. The quantitative estimate of drug-likeness (QED) is 0.447. The van der Waals surface area contributed by atoms with Crippen LogP contribution in [0.1, 0.15) is 30.6 Å². The van der Waals surface area contributed by atoms with Gasteiger partial charge < -0.3 is 20.1 Å². The minimum atomic E-state index is -0.748. The highest BCUT2D eigenvalue weighted by Crippen LogP contribution is 2.19. The van der Waals surface area contributed by atoms with E-state index < -0.39 is 18.0 Å². The summed E-state index contributed by atoms with van der Waals surface area (Å²) in [5.74, 6) is 0.602. The molecular formula is C24H31N3O5S. The summed E-state index contributed by atoms with van der Waals surface area (Å²) < 4.78 is 10.4. The molecule has 9 heteroatoms. The molecule has 0 saturated carbocycles. The Kier molecular flexibility index (Phi) is 10.6. The van der Waals surface area contributed by atoms with Gasteiger partial charge in [-0.3, -0.25) is 14.9 Å². The topological polar surface area (TPSA) is 106 Å². The van der Waals surface area contributed by atoms with Gasteiger partial charge in [0, 0.05) is 11.4 Å². The summed E-state index contributed by atoms with van der Waals surface area (Å²) in [5, 5.41) is 8.26. The Morgan fingerprint density at radius 3 is 2.36 bits per heavy atom. The Hall–Kier alpha value is -3.20. The van der Waals surface area contributed by atoms with Crippen LogP contribution in [-0.4, -0.2) is 49.7 Å². The standard InChI is InChI=1S/C24H31N3O5S/c1-16(2)15-32-24(30)26-18-9-7-8-17(14-18)25-23(29)20(12-13-33-4)27-22(28)19-10-5-6-11-21(19)31-3/h5-11,14,16,20H,12-13,15H2,1-4H3,(H,25,29)(H,26,30)(H,27,28). The number of rotatable bonds is 11. The van der Waals surface area contributed by atoms with Crippen molar-refractivity contribution in [3.63, 3.8) is 0 Å². The number of carbonyl (C=O) groups excluding carboxylic acids is 3. The first kappa shape index (κ1) is 26.1. The van der Waals surface area contributed by atoms with E-state index >= 15 is 0 Å². The number of thioether (sulfide) groups is 1. The summed E-state index contributed by atoms with van der Waals surface area (Å²) in [6.45, 7) is 4.21. The number of nitrogens with one attached hydrogen (secondary N) is 3. The van der Waals surface area contributed by atoms with Crippen LogP contribution in [0, 0.1) is 5.92 Å². The first-order valence-electron chi connectivity index (χ1n) is 10.6. The van der Waals surface area contributed by atoms with E-state index in [1.54, 1.807) is 60.3 Å². The summed E-state index contributed by atoms with van der Waals surface area (Å²) >= 11 is 1.58. The van der Waals surface area contributed by atoms with Crippen molar-refractivity contribution < 1.29 is 23.9 Å². The minimum absolute atomic E-state index is 0.227. The van der Waals surface area contributed by atoms with E-state index in [9.17, 15) is 14.4 Å². The zero-order valence-corrected chi connectivity index (χ0v) is 20.2. The lowest BCUT2D eigenvalue weighted by Gasteiger charge is -2.19. The van der Waals surface area contributed by atoms with Crippen LogP contribution >= 0.6 is 11.8 Å². The molecule has 2 aromatic carbocycles. The maximum Gasteiger partial charge on any atom is 0.411 e. The van der Waals surface area contributed by atoms with Gasteiger partial charge in [0.05, 0.1) is 19.3 Å². The minimum Gasteiger partial charge on any atom is -0.496 e. The number of hydrogen-bond donors (Lipinski definition) is 3. The predicted octanol–water partition coefficient (Wildman–Crippen LogP) is 4.39. The van der Waals surface area contributed by atoms with Crippen LogP contribution in [0.15, 0.2) is 48.5 Å². The van der Waals surface area contributed by atoms with Crippen LogP contribution in [0.4, 0.5) is 16.2 Å². The Balaban J connectivity index is 2.07. The molecule has 0 fully saturated rings. The van der Waals surface area contributed by atoms with Crippen molar-refractivity contribution in [1.29, 1.82) is 0 Å². The van der Waals surface area contributed by atoms with Crippen LogP contribution in [0.3, 0.4) is 0 Å². The van der Waals surface area contributed by atoms with Gasteiger partial charge in [-0.25, -0.2) is 4.79 Å². The Labute approximate surface area is 198 Å². The van der Waals surface area contributed by atoms with E-state index in [4.69, 9.17) is 9.47 Å². The van der Waals surface area contributed by atoms with Gasteiger partial charge in [-0.2, -0.15) is 11.8 Å². The monoisotopic (exact) mass is 473 g/mol. The van der Waals surface area contributed by atoms with E-state index in [0.29, 0.717) is 41.5 Å². The van der Waals surface area contributed by atoms with E-state index in [-0.39, 0.29) is 11.8 Å². The molecule has 3 N–H and O–H groups in total. The van der Waals surface area contributed by atoms with Gasteiger partial charge in [0.2, 0.25) is 5.91 Å². The molecular weight excluding hydrogens is 442 g/mol. The van der Waals surface area contributed by atoms with Crippen LogP contribution < -0.4 is 20.7 Å². The first-order chi connectivity index (χ1) is 15.8. The highest BCUT2D eigenvalue weighted by Gasteiger charge is 2.23. The van der Waals surface area contributed by atoms with Crippen molar-refractivity contribution in [3.05, 3.63) is 54.1 Å². The fourth-order valence-electron chi connectivity index (χ4n) is 2.87. The number of hydrogen-bond acceptors (Lipinski definition) is 6. The second-order valence-electron chi connectivity index (χ2n) is 7.70. The lowest BCUT2D eigenvalue weighted by atomic mass is 10.1. The molecule has 0 aromatic heterocycles. The van der Waals surface area contributed by atoms with Crippen LogP contribution in [0.5, 0.6) is 5.75 Å². The van der Waals surface area contributed by atoms with Gasteiger partial charge in [0.1, 0.15) is 11.8 Å². The normalized spacial score (nSPS) is 11.4. The number of amides is 3. The molecule has 0 aliphatic rings. The van der Waals surface area contributed by atoms with Crippen molar-refractivity contribution in [2.75, 3.05) is 36.4 Å². The fourth-order valence-corrected chi connectivity index (χ4v) is 3.34. The van der Waals surface area contributed by atoms with Crippen LogP contribution in [-0.2, 0) is 9.53 Å². The lowest BCUT2D eigenvalue weighted by molar-refractivity contribution is -0.118. The van der Waals surface area contributed by atoms with Crippen LogP contribution in [0.2, 0.25) is 0 Å². The largest absolute Gasteiger partial charge is 0.496 e. The SMILES string of the molecule is COc1ccccc1C(=O)NC(CCSC)C(=O)Nc1cccc(NC(=O)OCC(C)C)c1. The van der Waals surface area contributed by atoms with Gasteiger partial charge in [0.15, 0.2) is 0 Å². The lowest BCUT2D eigenvalue weighted by Crippen LogP contribution is -2.44. The Morgan fingerprint density at radius 2 is 1.70 bits per heavy atom.